The molecule has 0 fully saturated rings. The first-order valence-electron chi connectivity index (χ1n) is 6.87. The van der Waals surface area contributed by atoms with E-state index in [2.05, 4.69) is 14.9 Å². The molecule has 22 heavy (non-hydrogen) atoms. The number of nitrogens with zero attached hydrogens (tertiary/aromatic N) is 4. The number of nitrogens with one attached hydrogen (secondary N) is 1. The molecular formula is C13H17N5O2S2. The molecule has 3 rings (SSSR count). The molecule has 0 aliphatic rings. The molecule has 0 radical (unpaired) electrons. The maximum Gasteiger partial charge on any atom is 0.250 e. The molecule has 0 unspecified atom stereocenters. The van der Waals surface area contributed by atoms with E-state index in [9.17, 15) is 8.42 Å². The van der Waals surface area contributed by atoms with E-state index in [0.717, 1.165) is 16.7 Å². The van der Waals surface area contributed by atoms with Crippen molar-refractivity contribution >= 4 is 32.4 Å². The van der Waals surface area contributed by atoms with Crippen molar-refractivity contribution in [2.75, 3.05) is 6.54 Å². The van der Waals surface area contributed by atoms with Crippen molar-refractivity contribution in [1.29, 1.82) is 0 Å². The Labute approximate surface area is 132 Å². The van der Waals surface area contributed by atoms with E-state index in [4.69, 9.17) is 0 Å². The fraction of sp³-hybridized carbons (Fsp3) is 0.385. The van der Waals surface area contributed by atoms with E-state index in [-0.39, 0.29) is 0 Å². The van der Waals surface area contributed by atoms with Crippen LogP contribution in [-0.4, -0.2) is 34.5 Å². The van der Waals surface area contributed by atoms with Gasteiger partial charge in [-0.3, -0.25) is 9.36 Å². The fourth-order valence-corrected chi connectivity index (χ4v) is 4.51. The number of hydrogen-bond donors (Lipinski definition) is 1. The van der Waals surface area contributed by atoms with Gasteiger partial charge in [-0.15, -0.1) is 11.3 Å². The van der Waals surface area contributed by atoms with Crippen molar-refractivity contribution in [3.8, 4) is 0 Å². The Bertz CT molecular complexity index is 877. The maximum atomic E-state index is 12.0. The normalized spacial score (nSPS) is 12.3. The summed E-state index contributed by atoms with van der Waals surface area (Å²) in [5, 5.41) is 10.4. The largest absolute Gasteiger partial charge is 0.264 e. The van der Waals surface area contributed by atoms with E-state index < -0.39 is 10.0 Å². The highest BCUT2D eigenvalue weighted by Crippen LogP contribution is 2.17. The van der Waals surface area contributed by atoms with Crippen LogP contribution in [0.2, 0.25) is 0 Å². The lowest BCUT2D eigenvalue weighted by molar-refractivity contribution is 0.561. The summed E-state index contributed by atoms with van der Waals surface area (Å²) in [6.45, 7) is 2.96. The summed E-state index contributed by atoms with van der Waals surface area (Å²) >= 11 is 1.21. The Morgan fingerprint density at radius 3 is 2.95 bits per heavy atom. The molecule has 0 saturated carbocycles. The summed E-state index contributed by atoms with van der Waals surface area (Å²) in [5.74, 6) is 0. The molecule has 0 amide bonds. The second kappa shape index (κ2) is 5.82. The Hall–Kier alpha value is -1.71. The number of hydrogen-bond acceptors (Lipinski definition) is 5. The number of aromatic nitrogens is 4. The van der Waals surface area contributed by atoms with Gasteiger partial charge in [0.2, 0.25) is 10.0 Å². The Balaban J connectivity index is 1.61. The average molecular weight is 339 g/mol. The SMILES string of the molecule is Cc1nn(C)c2cnn(CCCNS(=O)(=O)c3cccs3)c12. The van der Waals surface area contributed by atoms with Crippen molar-refractivity contribution in [3.05, 3.63) is 29.4 Å². The molecule has 0 spiro atoms. The summed E-state index contributed by atoms with van der Waals surface area (Å²) in [5.41, 5.74) is 2.91. The minimum atomic E-state index is -3.38. The molecule has 118 valence electrons. The topological polar surface area (TPSA) is 81.8 Å². The van der Waals surface area contributed by atoms with Gasteiger partial charge in [-0.2, -0.15) is 10.2 Å². The van der Waals surface area contributed by atoms with Gasteiger partial charge in [-0.05, 0) is 24.8 Å². The van der Waals surface area contributed by atoms with Crippen LogP contribution in [0.3, 0.4) is 0 Å². The lowest BCUT2D eigenvalue weighted by Crippen LogP contribution is -2.25. The zero-order valence-electron chi connectivity index (χ0n) is 12.4. The van der Waals surface area contributed by atoms with Crippen molar-refractivity contribution in [3.63, 3.8) is 0 Å². The van der Waals surface area contributed by atoms with Gasteiger partial charge in [0.15, 0.2) is 0 Å². The molecule has 0 aliphatic carbocycles. The van der Waals surface area contributed by atoms with E-state index in [1.807, 2.05) is 18.7 Å². The molecule has 3 aromatic rings. The van der Waals surface area contributed by atoms with E-state index in [1.165, 1.54) is 11.3 Å². The van der Waals surface area contributed by atoms with Gasteiger partial charge >= 0.3 is 0 Å². The third-order valence-corrected chi connectivity index (χ3v) is 6.27. The molecule has 0 bridgehead atoms. The van der Waals surface area contributed by atoms with Crippen LogP contribution in [0.1, 0.15) is 12.1 Å². The molecule has 3 aromatic heterocycles. The van der Waals surface area contributed by atoms with Crippen LogP contribution in [0.25, 0.3) is 11.0 Å². The van der Waals surface area contributed by atoms with Gasteiger partial charge < -0.3 is 0 Å². The molecular weight excluding hydrogens is 322 g/mol. The lowest BCUT2D eigenvalue weighted by atomic mass is 10.3. The average Bonchev–Trinajstić information content (AvgIpc) is 3.16. The van der Waals surface area contributed by atoms with Crippen LogP contribution in [0, 0.1) is 6.92 Å². The van der Waals surface area contributed by atoms with E-state index >= 15 is 0 Å². The smallest absolute Gasteiger partial charge is 0.250 e. The van der Waals surface area contributed by atoms with Crippen LogP contribution in [0.4, 0.5) is 0 Å². The van der Waals surface area contributed by atoms with E-state index in [0.29, 0.717) is 23.7 Å². The van der Waals surface area contributed by atoms with Crippen LogP contribution in [-0.2, 0) is 23.6 Å². The van der Waals surface area contributed by atoms with Gasteiger partial charge in [0.25, 0.3) is 0 Å². The molecule has 3 heterocycles. The van der Waals surface area contributed by atoms with Gasteiger partial charge in [0, 0.05) is 20.1 Å². The minimum absolute atomic E-state index is 0.345. The highest BCUT2D eigenvalue weighted by atomic mass is 32.2. The summed E-state index contributed by atoms with van der Waals surface area (Å²) < 4.78 is 30.6. The molecule has 1 N–H and O–H groups in total. The number of sulfonamides is 1. The summed E-state index contributed by atoms with van der Waals surface area (Å²) in [6.07, 6.45) is 2.45. The van der Waals surface area contributed by atoms with Gasteiger partial charge in [0.1, 0.15) is 15.2 Å². The molecule has 0 atom stereocenters. The standard InChI is InChI=1S/C13H17N5O2S2/c1-10-13-11(17(2)16-10)9-14-18(13)7-4-6-15-22(19,20)12-5-3-8-21-12/h3,5,8-9,15H,4,6-7H2,1-2H3. The highest BCUT2D eigenvalue weighted by Gasteiger charge is 2.15. The van der Waals surface area contributed by atoms with Gasteiger partial charge in [0.05, 0.1) is 11.9 Å². The monoisotopic (exact) mass is 339 g/mol. The van der Waals surface area contributed by atoms with Crippen LogP contribution in [0.15, 0.2) is 27.9 Å². The summed E-state index contributed by atoms with van der Waals surface area (Å²) in [7, 11) is -1.50. The van der Waals surface area contributed by atoms with Crippen LogP contribution in [0.5, 0.6) is 0 Å². The fourth-order valence-electron chi connectivity index (χ4n) is 2.40. The molecule has 9 heteroatoms. The lowest BCUT2D eigenvalue weighted by Gasteiger charge is -2.05. The van der Waals surface area contributed by atoms with E-state index in [1.54, 1.807) is 28.4 Å². The number of thiophene rings is 1. The maximum absolute atomic E-state index is 12.0. The quantitative estimate of drug-likeness (QED) is 0.690. The molecule has 7 nitrogen and oxygen atoms in total. The number of rotatable bonds is 6. The first-order chi connectivity index (χ1) is 10.5. The predicted molar refractivity (Wildman–Crippen MR) is 85.4 cm³/mol. The predicted octanol–water partition coefficient (Wildman–Crippen LogP) is 1.51. The van der Waals surface area contributed by atoms with Crippen molar-refractivity contribution in [2.45, 2.75) is 24.1 Å². The number of fused-ring (bicyclic) bond motifs is 1. The Morgan fingerprint density at radius 1 is 1.41 bits per heavy atom. The zero-order valence-corrected chi connectivity index (χ0v) is 14.0. The van der Waals surface area contributed by atoms with Gasteiger partial charge in [-0.1, -0.05) is 6.07 Å². The molecule has 0 aromatic carbocycles. The van der Waals surface area contributed by atoms with Crippen LogP contribution < -0.4 is 4.72 Å². The molecule has 0 saturated heterocycles. The second-order valence-electron chi connectivity index (χ2n) is 4.99. The van der Waals surface area contributed by atoms with Gasteiger partial charge in [-0.25, -0.2) is 13.1 Å². The molecule has 0 aliphatic heterocycles. The Morgan fingerprint density at radius 2 is 2.23 bits per heavy atom. The third kappa shape index (κ3) is 2.79. The minimum Gasteiger partial charge on any atom is -0.264 e. The van der Waals surface area contributed by atoms with Crippen molar-refractivity contribution < 1.29 is 8.42 Å². The second-order valence-corrected chi connectivity index (χ2v) is 7.94. The highest BCUT2D eigenvalue weighted by molar-refractivity contribution is 7.91. The van der Waals surface area contributed by atoms with Crippen LogP contribution >= 0.6 is 11.3 Å². The number of aryl methyl sites for hydroxylation is 3. The summed E-state index contributed by atoms with van der Waals surface area (Å²) in [6, 6.07) is 3.33. The Kier molecular flexibility index (Phi) is 4.02. The first-order valence-corrected chi connectivity index (χ1v) is 9.23. The first kappa shape index (κ1) is 15.2. The van der Waals surface area contributed by atoms with Crippen molar-refractivity contribution in [2.24, 2.45) is 7.05 Å². The van der Waals surface area contributed by atoms with Crippen molar-refractivity contribution in [1.82, 2.24) is 24.3 Å². The third-order valence-electron chi connectivity index (χ3n) is 3.41. The summed E-state index contributed by atoms with van der Waals surface area (Å²) in [4.78, 5) is 0. The zero-order chi connectivity index (χ0) is 15.7.